The molecule has 0 saturated heterocycles. The molecular formula is C19H20N4O. The fraction of sp³-hybridized carbons (Fsp3) is 0.211. The molecule has 24 heavy (non-hydrogen) atoms. The molecule has 1 amide bonds. The van der Waals surface area contributed by atoms with Crippen LogP contribution in [-0.2, 0) is 0 Å². The van der Waals surface area contributed by atoms with E-state index in [9.17, 15) is 4.79 Å². The van der Waals surface area contributed by atoms with Crippen LogP contribution < -0.4 is 5.32 Å². The first-order valence-corrected chi connectivity index (χ1v) is 7.88. The summed E-state index contributed by atoms with van der Waals surface area (Å²) >= 11 is 0. The number of carbonyl (C=O) groups is 1. The van der Waals surface area contributed by atoms with E-state index in [1.165, 1.54) is 5.56 Å². The molecule has 0 saturated carbocycles. The summed E-state index contributed by atoms with van der Waals surface area (Å²) in [5.41, 5.74) is 4.77. The molecule has 0 spiro atoms. The molecule has 1 N–H and O–H groups in total. The minimum Gasteiger partial charge on any atom is -0.345 e. The van der Waals surface area contributed by atoms with Crippen molar-refractivity contribution in [1.82, 2.24) is 20.1 Å². The summed E-state index contributed by atoms with van der Waals surface area (Å²) in [4.78, 5) is 16.3. The third-order valence-corrected chi connectivity index (χ3v) is 4.06. The highest BCUT2D eigenvalue weighted by atomic mass is 16.1. The van der Waals surface area contributed by atoms with Crippen LogP contribution in [0.1, 0.15) is 40.1 Å². The van der Waals surface area contributed by atoms with Crippen LogP contribution in [0.5, 0.6) is 0 Å². The van der Waals surface area contributed by atoms with Crippen molar-refractivity contribution < 1.29 is 4.79 Å². The van der Waals surface area contributed by atoms with E-state index in [0.717, 1.165) is 16.9 Å². The fourth-order valence-electron chi connectivity index (χ4n) is 2.65. The van der Waals surface area contributed by atoms with Gasteiger partial charge in [-0.15, -0.1) is 0 Å². The summed E-state index contributed by atoms with van der Waals surface area (Å²) in [6.45, 7) is 6.02. The summed E-state index contributed by atoms with van der Waals surface area (Å²) in [5, 5.41) is 7.46. The SMILES string of the molecule is Cc1ccc(-n2ncc([C@H](C)NC(=O)c3cccnc3)c2C)cc1. The molecule has 0 radical (unpaired) electrons. The lowest BCUT2D eigenvalue weighted by molar-refractivity contribution is 0.0939. The van der Waals surface area contributed by atoms with Gasteiger partial charge in [-0.25, -0.2) is 4.68 Å². The molecule has 3 aromatic rings. The van der Waals surface area contributed by atoms with Crippen LogP contribution in [0.3, 0.4) is 0 Å². The van der Waals surface area contributed by atoms with Gasteiger partial charge in [0.2, 0.25) is 0 Å². The standard InChI is InChI=1S/C19H20N4O/c1-13-6-8-17(9-7-13)23-15(3)18(12-21-23)14(2)22-19(24)16-5-4-10-20-11-16/h4-12,14H,1-3H3,(H,22,24)/t14-/m0/s1. The number of pyridine rings is 1. The minimum atomic E-state index is -0.142. The van der Waals surface area contributed by atoms with Crippen molar-refractivity contribution in [3.8, 4) is 5.69 Å². The van der Waals surface area contributed by atoms with Crippen LogP contribution in [0.25, 0.3) is 5.69 Å². The molecule has 5 nitrogen and oxygen atoms in total. The van der Waals surface area contributed by atoms with Gasteiger partial charge in [0.05, 0.1) is 23.5 Å². The van der Waals surface area contributed by atoms with E-state index >= 15 is 0 Å². The molecule has 2 aromatic heterocycles. The summed E-state index contributed by atoms with van der Waals surface area (Å²) in [7, 11) is 0. The maximum Gasteiger partial charge on any atom is 0.253 e. The van der Waals surface area contributed by atoms with Gasteiger partial charge in [-0.1, -0.05) is 17.7 Å². The number of nitrogens with zero attached hydrogens (tertiary/aromatic N) is 3. The Labute approximate surface area is 141 Å². The van der Waals surface area contributed by atoms with Gasteiger partial charge in [0.1, 0.15) is 0 Å². The van der Waals surface area contributed by atoms with Crippen LogP contribution in [-0.4, -0.2) is 20.7 Å². The molecule has 0 aliphatic heterocycles. The van der Waals surface area contributed by atoms with Crippen LogP contribution in [0, 0.1) is 13.8 Å². The van der Waals surface area contributed by atoms with Crippen LogP contribution in [0.4, 0.5) is 0 Å². The number of amides is 1. The van der Waals surface area contributed by atoms with E-state index < -0.39 is 0 Å². The van der Waals surface area contributed by atoms with Gasteiger partial charge in [0, 0.05) is 23.7 Å². The average molecular weight is 320 g/mol. The van der Waals surface area contributed by atoms with Crippen molar-refractivity contribution in [1.29, 1.82) is 0 Å². The Hall–Kier alpha value is -2.95. The largest absolute Gasteiger partial charge is 0.345 e. The average Bonchev–Trinajstić information content (AvgIpc) is 2.98. The maximum absolute atomic E-state index is 12.3. The second-order valence-electron chi connectivity index (χ2n) is 5.87. The molecule has 0 fully saturated rings. The van der Waals surface area contributed by atoms with E-state index in [1.807, 2.05) is 36.9 Å². The summed E-state index contributed by atoms with van der Waals surface area (Å²) in [5.74, 6) is -0.141. The Kier molecular flexibility index (Phi) is 4.42. The normalized spacial score (nSPS) is 12.0. The first kappa shape index (κ1) is 15.9. The summed E-state index contributed by atoms with van der Waals surface area (Å²) in [6.07, 6.45) is 5.02. The van der Waals surface area contributed by atoms with Crippen molar-refractivity contribution >= 4 is 5.91 Å². The van der Waals surface area contributed by atoms with Gasteiger partial charge >= 0.3 is 0 Å². The number of nitrogens with one attached hydrogen (secondary N) is 1. The predicted octanol–water partition coefficient (Wildman–Crippen LogP) is 3.38. The van der Waals surface area contributed by atoms with Gasteiger partial charge < -0.3 is 5.32 Å². The highest BCUT2D eigenvalue weighted by Gasteiger charge is 2.17. The van der Waals surface area contributed by atoms with Crippen LogP contribution in [0.15, 0.2) is 55.0 Å². The summed E-state index contributed by atoms with van der Waals surface area (Å²) in [6, 6.07) is 11.6. The molecule has 122 valence electrons. The van der Waals surface area contributed by atoms with E-state index in [0.29, 0.717) is 5.56 Å². The molecular weight excluding hydrogens is 300 g/mol. The topological polar surface area (TPSA) is 59.8 Å². The van der Waals surface area contributed by atoms with E-state index in [-0.39, 0.29) is 11.9 Å². The Bertz CT molecular complexity index is 838. The van der Waals surface area contributed by atoms with E-state index in [2.05, 4.69) is 34.5 Å². The number of aromatic nitrogens is 3. The molecule has 0 aliphatic carbocycles. The molecule has 0 unspecified atom stereocenters. The molecule has 1 aromatic carbocycles. The van der Waals surface area contributed by atoms with Crippen LogP contribution >= 0.6 is 0 Å². The fourth-order valence-corrected chi connectivity index (χ4v) is 2.65. The second kappa shape index (κ2) is 6.66. The molecule has 1 atom stereocenters. The molecule has 0 aliphatic rings. The highest BCUT2D eigenvalue weighted by Crippen LogP contribution is 2.20. The van der Waals surface area contributed by atoms with Crippen molar-refractivity contribution in [3.63, 3.8) is 0 Å². The zero-order chi connectivity index (χ0) is 17.1. The van der Waals surface area contributed by atoms with Crippen LogP contribution in [0.2, 0.25) is 0 Å². The van der Waals surface area contributed by atoms with Crippen molar-refractivity contribution in [2.45, 2.75) is 26.8 Å². The van der Waals surface area contributed by atoms with Crippen molar-refractivity contribution in [3.05, 3.63) is 77.4 Å². The lowest BCUT2D eigenvalue weighted by Gasteiger charge is -2.14. The van der Waals surface area contributed by atoms with Gasteiger partial charge in [0.15, 0.2) is 0 Å². The number of hydrogen-bond donors (Lipinski definition) is 1. The lowest BCUT2D eigenvalue weighted by atomic mass is 10.1. The third-order valence-electron chi connectivity index (χ3n) is 4.06. The van der Waals surface area contributed by atoms with E-state index in [4.69, 9.17) is 0 Å². The highest BCUT2D eigenvalue weighted by molar-refractivity contribution is 5.94. The van der Waals surface area contributed by atoms with Gasteiger partial charge in [0.25, 0.3) is 5.91 Å². The molecule has 5 heteroatoms. The molecule has 3 rings (SSSR count). The third kappa shape index (κ3) is 3.20. The molecule has 2 heterocycles. The first-order chi connectivity index (χ1) is 11.6. The van der Waals surface area contributed by atoms with Gasteiger partial charge in [-0.3, -0.25) is 9.78 Å². The predicted molar refractivity (Wildman–Crippen MR) is 93.2 cm³/mol. The second-order valence-corrected chi connectivity index (χ2v) is 5.87. The Morgan fingerprint density at radius 1 is 1.12 bits per heavy atom. The number of aryl methyl sites for hydroxylation is 1. The Morgan fingerprint density at radius 2 is 1.88 bits per heavy atom. The Morgan fingerprint density at radius 3 is 2.54 bits per heavy atom. The minimum absolute atomic E-state index is 0.141. The smallest absolute Gasteiger partial charge is 0.253 e. The van der Waals surface area contributed by atoms with Crippen molar-refractivity contribution in [2.75, 3.05) is 0 Å². The van der Waals surface area contributed by atoms with E-state index in [1.54, 1.807) is 24.5 Å². The number of hydrogen-bond acceptors (Lipinski definition) is 3. The zero-order valence-electron chi connectivity index (χ0n) is 14.0. The maximum atomic E-state index is 12.3. The zero-order valence-corrected chi connectivity index (χ0v) is 14.0. The van der Waals surface area contributed by atoms with Crippen molar-refractivity contribution in [2.24, 2.45) is 0 Å². The quantitative estimate of drug-likeness (QED) is 0.802. The number of rotatable bonds is 4. The Balaban J connectivity index is 1.80. The number of benzene rings is 1. The summed E-state index contributed by atoms with van der Waals surface area (Å²) < 4.78 is 1.89. The lowest BCUT2D eigenvalue weighted by Crippen LogP contribution is -2.27. The van der Waals surface area contributed by atoms with Gasteiger partial charge in [-0.2, -0.15) is 5.10 Å². The van der Waals surface area contributed by atoms with Gasteiger partial charge in [-0.05, 0) is 45.0 Å². The monoisotopic (exact) mass is 320 g/mol. The number of carbonyl (C=O) groups excluding carboxylic acids is 1. The first-order valence-electron chi connectivity index (χ1n) is 7.88. The molecule has 0 bridgehead atoms.